The molecule has 0 fully saturated rings. The molecular formula is C20H11N7. The molecule has 2 aromatic rings. The number of hydrogen-bond donors (Lipinski definition) is 0. The summed E-state index contributed by atoms with van der Waals surface area (Å²) < 4.78 is 0. The van der Waals surface area contributed by atoms with Crippen molar-refractivity contribution in [1.82, 2.24) is 9.97 Å². The summed E-state index contributed by atoms with van der Waals surface area (Å²) in [6.07, 6.45) is 13.3. The van der Waals surface area contributed by atoms with Gasteiger partial charge in [0.25, 0.3) is 0 Å². The Morgan fingerprint density at radius 1 is 0.926 bits per heavy atom. The maximum absolute atomic E-state index is 9.20. The van der Waals surface area contributed by atoms with Gasteiger partial charge in [-0.2, -0.15) is 20.8 Å². The number of nitrogens with zero attached hydrogens (tertiary/aromatic N) is 7. The van der Waals surface area contributed by atoms with Crippen LogP contribution in [0.4, 0.5) is 11.4 Å². The van der Waals surface area contributed by atoms with Gasteiger partial charge in [-0.3, -0.25) is 9.97 Å². The number of rotatable bonds is 3. The van der Waals surface area contributed by atoms with E-state index in [1.807, 2.05) is 29.2 Å². The Balaban J connectivity index is 2.27. The predicted octanol–water partition coefficient (Wildman–Crippen LogP) is 3.33. The van der Waals surface area contributed by atoms with Gasteiger partial charge in [-0.1, -0.05) is 6.08 Å². The Labute approximate surface area is 155 Å². The lowest BCUT2D eigenvalue weighted by molar-refractivity contribution is 1.16. The fourth-order valence-electron chi connectivity index (χ4n) is 2.56. The molecule has 0 radical (unpaired) electrons. The van der Waals surface area contributed by atoms with Crippen LogP contribution in [0.1, 0.15) is 0 Å². The molecule has 0 saturated heterocycles. The van der Waals surface area contributed by atoms with E-state index < -0.39 is 0 Å². The lowest BCUT2D eigenvalue weighted by Gasteiger charge is -2.28. The van der Waals surface area contributed by atoms with Gasteiger partial charge in [-0.05, 0) is 36.4 Å². The molecule has 2 heterocycles. The van der Waals surface area contributed by atoms with E-state index in [1.54, 1.807) is 61.3 Å². The summed E-state index contributed by atoms with van der Waals surface area (Å²) in [5.41, 5.74) is 2.75. The van der Waals surface area contributed by atoms with E-state index in [0.717, 1.165) is 0 Å². The molecule has 126 valence electrons. The van der Waals surface area contributed by atoms with Gasteiger partial charge in [-0.25, -0.2) is 0 Å². The van der Waals surface area contributed by atoms with Crippen LogP contribution >= 0.6 is 0 Å². The summed E-state index contributed by atoms with van der Waals surface area (Å²) in [4.78, 5) is 14.0. The predicted molar refractivity (Wildman–Crippen MR) is 99.1 cm³/mol. The first-order valence-corrected chi connectivity index (χ1v) is 7.80. The topological polar surface area (TPSA) is 113 Å². The highest BCUT2D eigenvalue weighted by Crippen LogP contribution is 2.32. The van der Waals surface area contributed by atoms with Crippen molar-refractivity contribution in [2.24, 2.45) is 4.99 Å². The SMILES string of the molecule is N#CN=C1C=CC(=C(C#N)C#N)C=C1N(c1cccnc1)c1cccnc1. The van der Waals surface area contributed by atoms with Crippen molar-refractivity contribution in [2.75, 3.05) is 4.90 Å². The average Bonchev–Trinajstić information content (AvgIpc) is 2.72. The third kappa shape index (κ3) is 3.61. The fraction of sp³-hybridized carbons (Fsp3) is 0. The highest BCUT2D eigenvalue weighted by atomic mass is 15.2. The van der Waals surface area contributed by atoms with Gasteiger partial charge < -0.3 is 4.90 Å². The van der Waals surface area contributed by atoms with Gasteiger partial charge in [0.1, 0.15) is 17.7 Å². The van der Waals surface area contributed by atoms with Crippen LogP contribution in [0.3, 0.4) is 0 Å². The zero-order chi connectivity index (χ0) is 19.1. The van der Waals surface area contributed by atoms with Crippen molar-refractivity contribution in [1.29, 1.82) is 15.8 Å². The van der Waals surface area contributed by atoms with Crippen molar-refractivity contribution < 1.29 is 0 Å². The van der Waals surface area contributed by atoms with Crippen LogP contribution in [-0.4, -0.2) is 15.7 Å². The molecule has 0 saturated carbocycles. The zero-order valence-electron chi connectivity index (χ0n) is 14.0. The van der Waals surface area contributed by atoms with Crippen molar-refractivity contribution >= 4 is 17.1 Å². The number of allylic oxidation sites excluding steroid dienone is 5. The van der Waals surface area contributed by atoms with E-state index in [-0.39, 0.29) is 5.57 Å². The molecule has 0 aliphatic heterocycles. The second kappa shape index (κ2) is 8.02. The largest absolute Gasteiger partial charge is 0.305 e. The molecule has 0 atom stereocenters. The van der Waals surface area contributed by atoms with Crippen molar-refractivity contribution in [3.63, 3.8) is 0 Å². The highest BCUT2D eigenvalue weighted by Gasteiger charge is 2.22. The Hall–Kier alpha value is -4.54. The molecule has 27 heavy (non-hydrogen) atoms. The molecule has 1 aliphatic carbocycles. The Bertz CT molecular complexity index is 1030. The Kier molecular flexibility index (Phi) is 5.14. The smallest absolute Gasteiger partial charge is 0.206 e. The first-order valence-electron chi connectivity index (χ1n) is 7.80. The van der Waals surface area contributed by atoms with Crippen LogP contribution in [0.15, 0.2) is 89.1 Å². The van der Waals surface area contributed by atoms with Crippen LogP contribution in [0.5, 0.6) is 0 Å². The number of pyridine rings is 2. The number of anilines is 2. The second-order valence-corrected chi connectivity index (χ2v) is 5.27. The fourth-order valence-corrected chi connectivity index (χ4v) is 2.56. The molecule has 1 aliphatic rings. The van der Waals surface area contributed by atoms with Gasteiger partial charge >= 0.3 is 0 Å². The molecule has 0 N–H and O–H groups in total. The van der Waals surface area contributed by atoms with E-state index in [1.165, 1.54) is 0 Å². The monoisotopic (exact) mass is 349 g/mol. The summed E-state index contributed by atoms with van der Waals surface area (Å²) in [6.45, 7) is 0. The number of hydrogen-bond acceptors (Lipinski definition) is 7. The lowest BCUT2D eigenvalue weighted by Crippen LogP contribution is -2.24. The standard InChI is InChI=1S/C20H11N7/c21-10-16(11-22)15-5-6-19(26-14-23)20(9-15)27(17-3-1-7-24-12-17)18-4-2-8-25-13-18/h1-9,12-13H. The number of aromatic nitrogens is 2. The normalized spacial score (nSPS) is 13.9. The molecule has 0 aromatic carbocycles. The Morgan fingerprint density at radius 3 is 2.04 bits per heavy atom. The van der Waals surface area contributed by atoms with E-state index >= 15 is 0 Å². The molecule has 2 aromatic heterocycles. The van der Waals surface area contributed by atoms with E-state index in [2.05, 4.69) is 15.0 Å². The van der Waals surface area contributed by atoms with Crippen LogP contribution in [0, 0.1) is 34.1 Å². The van der Waals surface area contributed by atoms with Crippen molar-refractivity contribution in [2.45, 2.75) is 0 Å². The van der Waals surface area contributed by atoms with Crippen LogP contribution in [-0.2, 0) is 0 Å². The highest BCUT2D eigenvalue weighted by molar-refractivity contribution is 6.14. The van der Waals surface area contributed by atoms with Crippen molar-refractivity contribution in [3.8, 4) is 18.3 Å². The molecule has 0 unspecified atom stereocenters. The summed E-state index contributed by atoms with van der Waals surface area (Å²) in [5, 5.41) is 27.5. The zero-order valence-corrected chi connectivity index (χ0v) is 14.0. The van der Waals surface area contributed by atoms with Crippen molar-refractivity contribution in [3.05, 3.63) is 84.1 Å². The van der Waals surface area contributed by atoms with Crippen LogP contribution < -0.4 is 4.90 Å². The molecule has 0 bridgehead atoms. The number of aliphatic imine (C=N–C) groups is 1. The first-order chi connectivity index (χ1) is 13.3. The summed E-state index contributed by atoms with van der Waals surface area (Å²) in [7, 11) is 0. The summed E-state index contributed by atoms with van der Waals surface area (Å²) in [6, 6.07) is 11.0. The maximum atomic E-state index is 9.20. The third-order valence-corrected chi connectivity index (χ3v) is 3.71. The molecule has 0 spiro atoms. The second-order valence-electron chi connectivity index (χ2n) is 5.27. The maximum Gasteiger partial charge on any atom is 0.206 e. The molecule has 3 rings (SSSR count). The van der Waals surface area contributed by atoms with E-state index in [0.29, 0.717) is 28.4 Å². The van der Waals surface area contributed by atoms with Gasteiger partial charge in [0.15, 0.2) is 0 Å². The first kappa shape index (κ1) is 17.3. The minimum Gasteiger partial charge on any atom is -0.305 e. The van der Waals surface area contributed by atoms with E-state index in [9.17, 15) is 10.5 Å². The third-order valence-electron chi connectivity index (χ3n) is 3.71. The van der Waals surface area contributed by atoms with Gasteiger partial charge in [0.2, 0.25) is 6.19 Å². The summed E-state index contributed by atoms with van der Waals surface area (Å²) >= 11 is 0. The minimum atomic E-state index is -0.0305. The Morgan fingerprint density at radius 2 is 1.56 bits per heavy atom. The van der Waals surface area contributed by atoms with Crippen LogP contribution in [0.2, 0.25) is 0 Å². The molecule has 0 amide bonds. The van der Waals surface area contributed by atoms with Crippen LogP contribution in [0.25, 0.3) is 0 Å². The molecule has 7 nitrogen and oxygen atoms in total. The molecule has 7 heteroatoms. The quantitative estimate of drug-likeness (QED) is 0.620. The van der Waals surface area contributed by atoms with Gasteiger partial charge in [0.05, 0.1) is 35.2 Å². The summed E-state index contributed by atoms with van der Waals surface area (Å²) in [5.74, 6) is 0. The average molecular weight is 349 g/mol. The minimum absolute atomic E-state index is 0.0305. The molecular weight excluding hydrogens is 338 g/mol. The lowest BCUT2D eigenvalue weighted by atomic mass is 9.99. The van der Waals surface area contributed by atoms with E-state index in [4.69, 9.17) is 5.26 Å². The van der Waals surface area contributed by atoms with Gasteiger partial charge in [-0.15, -0.1) is 0 Å². The van der Waals surface area contributed by atoms with Gasteiger partial charge in [0, 0.05) is 18.0 Å². The number of nitriles is 3.